The Morgan fingerprint density at radius 2 is 1.61 bits per heavy atom. The van der Waals surface area contributed by atoms with E-state index in [2.05, 4.69) is 15.4 Å². The SMILES string of the molecule is COCCNC(=O)c1ccccc1NC(=O)c1ccc(C)c(S(=O)(=O)Nc2ccccc2)c1. The van der Waals surface area contributed by atoms with Crippen LogP contribution >= 0.6 is 0 Å². The molecule has 0 bridgehead atoms. The van der Waals surface area contributed by atoms with Crippen LogP contribution in [0.25, 0.3) is 0 Å². The van der Waals surface area contributed by atoms with Gasteiger partial charge in [0.1, 0.15) is 0 Å². The standard InChI is InChI=1S/C24H25N3O5S/c1-17-12-13-18(16-22(17)33(30,31)27-19-8-4-3-5-9-19)23(28)26-21-11-7-6-10-20(21)24(29)25-14-15-32-2/h3-13,16,27H,14-15H2,1-2H3,(H,25,29)(H,26,28). The molecule has 3 aromatic carbocycles. The number of anilines is 2. The molecule has 0 saturated heterocycles. The fourth-order valence-electron chi connectivity index (χ4n) is 3.09. The summed E-state index contributed by atoms with van der Waals surface area (Å²) in [4.78, 5) is 25.4. The Balaban J connectivity index is 1.83. The molecule has 3 N–H and O–H groups in total. The Morgan fingerprint density at radius 1 is 0.909 bits per heavy atom. The summed E-state index contributed by atoms with van der Waals surface area (Å²) < 4.78 is 33.3. The van der Waals surface area contributed by atoms with Crippen LogP contribution in [0.1, 0.15) is 26.3 Å². The first kappa shape index (κ1) is 24.0. The first-order valence-corrected chi connectivity index (χ1v) is 11.7. The summed E-state index contributed by atoms with van der Waals surface area (Å²) in [5.41, 5.74) is 1.65. The summed E-state index contributed by atoms with van der Waals surface area (Å²) in [6, 6.07) is 19.5. The maximum atomic E-state index is 12.9. The fourth-order valence-corrected chi connectivity index (χ4v) is 4.42. The average Bonchev–Trinajstić information content (AvgIpc) is 2.80. The highest BCUT2D eigenvalue weighted by molar-refractivity contribution is 7.92. The van der Waals surface area contributed by atoms with Crippen LogP contribution in [0.5, 0.6) is 0 Å². The normalized spacial score (nSPS) is 11.0. The van der Waals surface area contributed by atoms with Crippen LogP contribution in [0, 0.1) is 6.92 Å². The Kier molecular flexibility index (Phi) is 7.81. The predicted molar refractivity (Wildman–Crippen MR) is 127 cm³/mol. The van der Waals surface area contributed by atoms with Crippen LogP contribution in [-0.4, -0.2) is 40.5 Å². The van der Waals surface area contributed by atoms with Crippen molar-refractivity contribution in [3.8, 4) is 0 Å². The zero-order valence-electron chi connectivity index (χ0n) is 18.3. The number of hydrogen-bond acceptors (Lipinski definition) is 5. The van der Waals surface area contributed by atoms with Crippen molar-refractivity contribution < 1.29 is 22.7 Å². The van der Waals surface area contributed by atoms with Crippen molar-refractivity contribution in [3.05, 3.63) is 89.5 Å². The van der Waals surface area contributed by atoms with Gasteiger partial charge in [0.05, 0.1) is 22.8 Å². The molecule has 172 valence electrons. The summed E-state index contributed by atoms with van der Waals surface area (Å²) in [7, 11) is -2.38. The molecule has 0 aliphatic rings. The molecule has 3 rings (SSSR count). The van der Waals surface area contributed by atoms with E-state index in [9.17, 15) is 18.0 Å². The summed E-state index contributed by atoms with van der Waals surface area (Å²) in [6.45, 7) is 2.34. The topological polar surface area (TPSA) is 114 Å². The monoisotopic (exact) mass is 467 g/mol. The quantitative estimate of drug-likeness (QED) is 0.417. The van der Waals surface area contributed by atoms with E-state index in [1.165, 1.54) is 19.2 Å². The molecule has 0 saturated carbocycles. The number of rotatable bonds is 9. The second kappa shape index (κ2) is 10.8. The molecule has 0 atom stereocenters. The van der Waals surface area contributed by atoms with Crippen LogP contribution in [-0.2, 0) is 14.8 Å². The molecule has 0 spiro atoms. The molecule has 0 aliphatic carbocycles. The Hall–Kier alpha value is -3.69. The van der Waals surface area contributed by atoms with Crippen LogP contribution in [0.4, 0.5) is 11.4 Å². The average molecular weight is 468 g/mol. The summed E-state index contributed by atoms with van der Waals surface area (Å²) in [5, 5.41) is 5.41. The van der Waals surface area contributed by atoms with Crippen LogP contribution in [0.3, 0.4) is 0 Å². The second-order valence-electron chi connectivity index (χ2n) is 7.20. The number of benzene rings is 3. The first-order valence-electron chi connectivity index (χ1n) is 10.2. The zero-order chi connectivity index (χ0) is 23.8. The van der Waals surface area contributed by atoms with Gasteiger partial charge in [-0.05, 0) is 48.9 Å². The number of carbonyl (C=O) groups is 2. The molecule has 2 amide bonds. The summed E-state index contributed by atoms with van der Waals surface area (Å²) in [6.07, 6.45) is 0. The lowest BCUT2D eigenvalue weighted by molar-refractivity contribution is 0.0938. The molecule has 0 heterocycles. The van der Waals surface area contributed by atoms with E-state index in [0.717, 1.165) is 0 Å². The highest BCUT2D eigenvalue weighted by Gasteiger charge is 2.20. The largest absolute Gasteiger partial charge is 0.383 e. The molecular weight excluding hydrogens is 442 g/mol. The Bertz CT molecular complexity index is 1240. The maximum absolute atomic E-state index is 12.9. The number of ether oxygens (including phenoxy) is 1. The van der Waals surface area contributed by atoms with Crippen molar-refractivity contribution in [1.82, 2.24) is 5.32 Å². The molecule has 0 unspecified atom stereocenters. The van der Waals surface area contributed by atoms with E-state index >= 15 is 0 Å². The number of hydrogen-bond donors (Lipinski definition) is 3. The number of carbonyl (C=O) groups excluding carboxylic acids is 2. The van der Waals surface area contributed by atoms with E-state index in [-0.39, 0.29) is 21.9 Å². The number of methoxy groups -OCH3 is 1. The minimum absolute atomic E-state index is 0.00963. The number of sulfonamides is 1. The minimum Gasteiger partial charge on any atom is -0.383 e. The molecule has 0 radical (unpaired) electrons. The van der Waals surface area contributed by atoms with Gasteiger partial charge in [0, 0.05) is 24.9 Å². The lowest BCUT2D eigenvalue weighted by Gasteiger charge is -2.14. The van der Waals surface area contributed by atoms with Crippen LogP contribution < -0.4 is 15.4 Å². The van der Waals surface area contributed by atoms with Crippen LogP contribution in [0.15, 0.2) is 77.7 Å². The minimum atomic E-state index is -3.91. The molecule has 0 fully saturated rings. The second-order valence-corrected chi connectivity index (χ2v) is 8.85. The summed E-state index contributed by atoms with van der Waals surface area (Å²) in [5.74, 6) is -0.898. The van der Waals surface area contributed by atoms with Gasteiger partial charge in [0.15, 0.2) is 0 Å². The molecule has 0 aliphatic heterocycles. The van der Waals surface area contributed by atoms with Gasteiger partial charge in [0.25, 0.3) is 21.8 Å². The Morgan fingerprint density at radius 3 is 2.33 bits per heavy atom. The molecule has 0 aromatic heterocycles. The van der Waals surface area contributed by atoms with E-state index in [4.69, 9.17) is 4.74 Å². The van der Waals surface area contributed by atoms with Crippen molar-refractivity contribution in [2.45, 2.75) is 11.8 Å². The molecule has 9 heteroatoms. The van der Waals surface area contributed by atoms with E-state index in [0.29, 0.717) is 30.1 Å². The van der Waals surface area contributed by atoms with Gasteiger partial charge in [-0.1, -0.05) is 36.4 Å². The predicted octanol–water partition coefficient (Wildman–Crippen LogP) is 3.42. The van der Waals surface area contributed by atoms with E-state index in [1.54, 1.807) is 67.6 Å². The third kappa shape index (κ3) is 6.18. The number of amides is 2. The van der Waals surface area contributed by atoms with Gasteiger partial charge in [-0.15, -0.1) is 0 Å². The van der Waals surface area contributed by atoms with Gasteiger partial charge in [-0.2, -0.15) is 0 Å². The van der Waals surface area contributed by atoms with Crippen molar-refractivity contribution in [1.29, 1.82) is 0 Å². The first-order chi connectivity index (χ1) is 15.8. The van der Waals surface area contributed by atoms with Crippen molar-refractivity contribution in [2.24, 2.45) is 0 Å². The van der Waals surface area contributed by atoms with E-state index in [1.807, 2.05) is 0 Å². The van der Waals surface area contributed by atoms with Crippen LogP contribution in [0.2, 0.25) is 0 Å². The lowest BCUT2D eigenvalue weighted by Crippen LogP contribution is -2.28. The molecule has 8 nitrogen and oxygen atoms in total. The molecule has 33 heavy (non-hydrogen) atoms. The number of para-hydroxylation sites is 2. The van der Waals surface area contributed by atoms with Crippen molar-refractivity contribution >= 4 is 33.2 Å². The van der Waals surface area contributed by atoms with Crippen molar-refractivity contribution in [2.75, 3.05) is 30.3 Å². The smallest absolute Gasteiger partial charge is 0.262 e. The number of aryl methyl sites for hydroxylation is 1. The number of nitrogens with one attached hydrogen (secondary N) is 3. The van der Waals surface area contributed by atoms with Gasteiger partial charge in [-0.25, -0.2) is 8.42 Å². The molecular formula is C24H25N3O5S. The lowest BCUT2D eigenvalue weighted by atomic mass is 10.1. The zero-order valence-corrected chi connectivity index (χ0v) is 19.1. The summed E-state index contributed by atoms with van der Waals surface area (Å²) >= 11 is 0. The van der Waals surface area contributed by atoms with Crippen molar-refractivity contribution in [3.63, 3.8) is 0 Å². The fraction of sp³-hybridized carbons (Fsp3) is 0.167. The third-order valence-corrected chi connectivity index (χ3v) is 6.30. The molecule has 3 aromatic rings. The van der Waals surface area contributed by atoms with Gasteiger partial charge in [-0.3, -0.25) is 14.3 Å². The van der Waals surface area contributed by atoms with Gasteiger partial charge >= 0.3 is 0 Å². The third-order valence-electron chi connectivity index (χ3n) is 4.78. The van der Waals surface area contributed by atoms with Gasteiger partial charge in [0.2, 0.25) is 0 Å². The van der Waals surface area contributed by atoms with Gasteiger partial charge < -0.3 is 15.4 Å². The highest BCUT2D eigenvalue weighted by Crippen LogP contribution is 2.22. The van der Waals surface area contributed by atoms with E-state index < -0.39 is 15.9 Å². The Labute approximate surface area is 193 Å². The highest BCUT2D eigenvalue weighted by atomic mass is 32.2. The maximum Gasteiger partial charge on any atom is 0.262 e.